The summed E-state index contributed by atoms with van der Waals surface area (Å²) in [6.45, 7) is 1.18. The molecule has 0 aliphatic carbocycles. The fraction of sp³-hybridized carbons (Fsp3) is 0.158. The number of methoxy groups -OCH3 is 1. The summed E-state index contributed by atoms with van der Waals surface area (Å²) in [7, 11) is 1.64. The van der Waals surface area contributed by atoms with Gasteiger partial charge in [0, 0.05) is 23.7 Å². The SMILES string of the molecule is COCCn1cc(-c2ccc3ncnc(Nc4ccc(F)c(Cl)c4)c3c2)nn1. The minimum Gasteiger partial charge on any atom is -0.383 e. The van der Waals surface area contributed by atoms with Crippen molar-refractivity contribution in [2.24, 2.45) is 0 Å². The molecule has 0 spiro atoms. The van der Waals surface area contributed by atoms with Gasteiger partial charge in [0.25, 0.3) is 0 Å². The normalized spacial score (nSPS) is 11.1. The maximum atomic E-state index is 13.4. The summed E-state index contributed by atoms with van der Waals surface area (Å²) in [5, 5.41) is 12.3. The first-order valence-corrected chi connectivity index (χ1v) is 8.88. The number of nitrogens with one attached hydrogen (secondary N) is 1. The smallest absolute Gasteiger partial charge is 0.141 e. The summed E-state index contributed by atoms with van der Waals surface area (Å²) in [5.74, 6) is 0.111. The number of benzene rings is 2. The van der Waals surface area contributed by atoms with E-state index >= 15 is 0 Å². The molecular formula is C19H16ClFN6O. The van der Waals surface area contributed by atoms with E-state index in [-0.39, 0.29) is 5.02 Å². The quantitative estimate of drug-likeness (QED) is 0.527. The number of fused-ring (bicyclic) bond motifs is 1. The third-order valence-electron chi connectivity index (χ3n) is 4.18. The van der Waals surface area contributed by atoms with Gasteiger partial charge in [-0.05, 0) is 30.3 Å². The largest absolute Gasteiger partial charge is 0.383 e. The van der Waals surface area contributed by atoms with Gasteiger partial charge in [0.15, 0.2) is 0 Å². The van der Waals surface area contributed by atoms with Gasteiger partial charge < -0.3 is 10.1 Å². The van der Waals surface area contributed by atoms with Crippen molar-refractivity contribution in [3.63, 3.8) is 0 Å². The van der Waals surface area contributed by atoms with Gasteiger partial charge in [-0.25, -0.2) is 19.0 Å². The molecular weight excluding hydrogens is 383 g/mol. The number of nitrogens with zero attached hydrogens (tertiary/aromatic N) is 5. The lowest BCUT2D eigenvalue weighted by Crippen LogP contribution is -2.04. The highest BCUT2D eigenvalue weighted by Crippen LogP contribution is 2.28. The molecule has 1 N–H and O–H groups in total. The fourth-order valence-electron chi connectivity index (χ4n) is 2.75. The predicted molar refractivity (Wildman–Crippen MR) is 105 cm³/mol. The maximum absolute atomic E-state index is 13.4. The van der Waals surface area contributed by atoms with Crippen LogP contribution in [-0.4, -0.2) is 38.7 Å². The molecule has 4 rings (SSSR count). The van der Waals surface area contributed by atoms with E-state index in [1.54, 1.807) is 17.9 Å². The molecule has 2 heterocycles. The van der Waals surface area contributed by atoms with Crippen molar-refractivity contribution in [1.29, 1.82) is 0 Å². The Morgan fingerprint density at radius 3 is 2.89 bits per heavy atom. The van der Waals surface area contributed by atoms with Gasteiger partial charge >= 0.3 is 0 Å². The fourth-order valence-corrected chi connectivity index (χ4v) is 2.93. The second kappa shape index (κ2) is 7.87. The zero-order valence-electron chi connectivity index (χ0n) is 14.9. The van der Waals surface area contributed by atoms with Crippen LogP contribution >= 0.6 is 11.6 Å². The van der Waals surface area contributed by atoms with E-state index in [0.29, 0.717) is 24.7 Å². The lowest BCUT2D eigenvalue weighted by atomic mass is 10.1. The Labute approximate surface area is 165 Å². The first-order chi connectivity index (χ1) is 13.6. The van der Waals surface area contributed by atoms with E-state index in [1.165, 1.54) is 18.5 Å². The minimum absolute atomic E-state index is 0.0386. The second-order valence-electron chi connectivity index (χ2n) is 6.07. The molecule has 0 aliphatic rings. The highest BCUT2D eigenvalue weighted by atomic mass is 35.5. The van der Waals surface area contributed by atoms with Crippen molar-refractivity contribution in [1.82, 2.24) is 25.0 Å². The van der Waals surface area contributed by atoms with Crippen LogP contribution in [0.1, 0.15) is 0 Å². The lowest BCUT2D eigenvalue weighted by Gasteiger charge is -2.09. The van der Waals surface area contributed by atoms with E-state index in [9.17, 15) is 4.39 Å². The summed E-state index contributed by atoms with van der Waals surface area (Å²) in [5.41, 5.74) is 3.01. The van der Waals surface area contributed by atoms with Crippen LogP contribution in [0.25, 0.3) is 22.2 Å². The molecule has 142 valence electrons. The van der Waals surface area contributed by atoms with Crippen LogP contribution in [0.3, 0.4) is 0 Å². The van der Waals surface area contributed by atoms with Gasteiger partial charge in [-0.15, -0.1) is 5.10 Å². The third-order valence-corrected chi connectivity index (χ3v) is 4.47. The van der Waals surface area contributed by atoms with Crippen molar-refractivity contribution in [2.75, 3.05) is 19.0 Å². The van der Waals surface area contributed by atoms with Crippen LogP contribution in [0.5, 0.6) is 0 Å². The molecule has 0 radical (unpaired) electrons. The topological polar surface area (TPSA) is 77.8 Å². The van der Waals surface area contributed by atoms with Crippen molar-refractivity contribution >= 4 is 34.0 Å². The number of hydrogen-bond acceptors (Lipinski definition) is 6. The molecule has 0 amide bonds. The van der Waals surface area contributed by atoms with Crippen molar-refractivity contribution in [2.45, 2.75) is 6.54 Å². The molecule has 0 saturated carbocycles. The number of halogens is 2. The molecule has 4 aromatic rings. The Morgan fingerprint density at radius 1 is 1.18 bits per heavy atom. The standard InChI is InChI=1S/C19H16ClFN6O/c1-28-7-6-27-10-18(25-26-27)12-2-5-17-14(8-12)19(23-11-22-17)24-13-3-4-16(21)15(20)9-13/h2-5,8-11H,6-7H2,1H3,(H,22,23,24). The van der Waals surface area contributed by atoms with Gasteiger partial charge in [0.05, 0.1) is 29.9 Å². The monoisotopic (exact) mass is 398 g/mol. The average Bonchev–Trinajstić information content (AvgIpc) is 3.18. The molecule has 7 nitrogen and oxygen atoms in total. The molecule has 2 aromatic carbocycles. The second-order valence-corrected chi connectivity index (χ2v) is 6.47. The zero-order valence-corrected chi connectivity index (χ0v) is 15.7. The van der Waals surface area contributed by atoms with Crippen LogP contribution in [-0.2, 0) is 11.3 Å². The van der Waals surface area contributed by atoms with E-state index in [1.807, 2.05) is 24.4 Å². The average molecular weight is 399 g/mol. The van der Waals surface area contributed by atoms with E-state index in [2.05, 4.69) is 25.6 Å². The molecule has 0 aliphatic heterocycles. The first kappa shape index (κ1) is 18.3. The van der Waals surface area contributed by atoms with Crippen LogP contribution in [0.15, 0.2) is 48.9 Å². The molecule has 0 fully saturated rings. The lowest BCUT2D eigenvalue weighted by molar-refractivity contribution is 0.183. The number of aromatic nitrogens is 5. The molecule has 2 aromatic heterocycles. The highest BCUT2D eigenvalue weighted by Gasteiger charge is 2.10. The maximum Gasteiger partial charge on any atom is 0.141 e. The zero-order chi connectivity index (χ0) is 19.5. The Hall–Kier alpha value is -3.10. The summed E-state index contributed by atoms with van der Waals surface area (Å²) in [4.78, 5) is 8.62. The molecule has 28 heavy (non-hydrogen) atoms. The number of anilines is 2. The van der Waals surface area contributed by atoms with Crippen LogP contribution in [0.2, 0.25) is 5.02 Å². The summed E-state index contributed by atoms with van der Waals surface area (Å²) in [6.07, 6.45) is 3.33. The van der Waals surface area contributed by atoms with E-state index in [0.717, 1.165) is 22.2 Å². The van der Waals surface area contributed by atoms with Gasteiger partial charge in [-0.3, -0.25) is 0 Å². The molecule has 9 heteroatoms. The Balaban J connectivity index is 1.69. The molecule has 0 atom stereocenters. The van der Waals surface area contributed by atoms with Gasteiger partial charge in [-0.2, -0.15) is 0 Å². The molecule has 0 saturated heterocycles. The van der Waals surface area contributed by atoms with Gasteiger partial charge in [0.2, 0.25) is 0 Å². The van der Waals surface area contributed by atoms with Gasteiger partial charge in [-0.1, -0.05) is 22.9 Å². The number of ether oxygens (including phenoxy) is 1. The Morgan fingerprint density at radius 2 is 2.07 bits per heavy atom. The number of rotatable bonds is 6. The van der Waals surface area contributed by atoms with E-state index in [4.69, 9.17) is 16.3 Å². The summed E-state index contributed by atoms with van der Waals surface area (Å²) >= 11 is 5.87. The van der Waals surface area contributed by atoms with Crippen molar-refractivity contribution in [3.05, 3.63) is 59.8 Å². The highest BCUT2D eigenvalue weighted by molar-refractivity contribution is 6.31. The third kappa shape index (κ3) is 3.78. The summed E-state index contributed by atoms with van der Waals surface area (Å²) in [6, 6.07) is 10.2. The first-order valence-electron chi connectivity index (χ1n) is 8.50. The number of hydrogen-bond donors (Lipinski definition) is 1. The van der Waals surface area contributed by atoms with Crippen LogP contribution < -0.4 is 5.32 Å². The van der Waals surface area contributed by atoms with Crippen LogP contribution in [0.4, 0.5) is 15.9 Å². The molecule has 0 bridgehead atoms. The van der Waals surface area contributed by atoms with Gasteiger partial charge in [0.1, 0.15) is 23.7 Å². The summed E-state index contributed by atoms with van der Waals surface area (Å²) < 4.78 is 20.2. The predicted octanol–water partition coefficient (Wildman–Crippen LogP) is 4.07. The Kier molecular flexibility index (Phi) is 5.14. The van der Waals surface area contributed by atoms with Crippen molar-refractivity contribution in [3.8, 4) is 11.3 Å². The van der Waals surface area contributed by atoms with Crippen molar-refractivity contribution < 1.29 is 9.13 Å². The van der Waals surface area contributed by atoms with Crippen LogP contribution in [0, 0.1) is 5.82 Å². The molecule has 0 unspecified atom stereocenters. The Bertz CT molecular complexity index is 1130. The van der Waals surface area contributed by atoms with E-state index < -0.39 is 5.82 Å². The minimum atomic E-state index is -0.474.